The van der Waals surface area contributed by atoms with Crippen molar-refractivity contribution < 1.29 is 4.79 Å². The van der Waals surface area contributed by atoms with Gasteiger partial charge in [0.2, 0.25) is 5.91 Å². The number of fused-ring (bicyclic) bond motifs is 2. The third-order valence-corrected chi connectivity index (χ3v) is 6.41. The Morgan fingerprint density at radius 1 is 1.22 bits per heavy atom. The van der Waals surface area contributed by atoms with Crippen molar-refractivity contribution in [2.75, 3.05) is 11.1 Å². The zero-order valence-corrected chi connectivity index (χ0v) is 14.0. The Labute approximate surface area is 141 Å². The summed E-state index contributed by atoms with van der Waals surface area (Å²) in [6, 6.07) is 11.7. The molecule has 3 heterocycles. The van der Waals surface area contributed by atoms with Crippen LogP contribution in [-0.4, -0.2) is 16.2 Å². The minimum Gasteiger partial charge on any atom is -0.324 e. The summed E-state index contributed by atoms with van der Waals surface area (Å²) in [5, 5.41) is 5.78. The van der Waals surface area contributed by atoms with Crippen molar-refractivity contribution in [3.05, 3.63) is 62.6 Å². The standard InChI is InChI=1S/C17H14N2O2S2/c1-19-13-5-3-2-4-10(13)8-11(17(19)21)15-16-12(6-7-22-16)18-14(20)9-23-15/h2-8,15H,9H2,1H3,(H,18,20). The van der Waals surface area contributed by atoms with Gasteiger partial charge in [-0.25, -0.2) is 0 Å². The quantitative estimate of drug-likeness (QED) is 0.738. The molecule has 0 aliphatic carbocycles. The molecule has 6 heteroatoms. The second-order valence-electron chi connectivity index (χ2n) is 5.46. The highest BCUT2D eigenvalue weighted by Gasteiger charge is 2.27. The first-order valence-corrected chi connectivity index (χ1v) is 9.15. The lowest BCUT2D eigenvalue weighted by Gasteiger charge is -2.16. The van der Waals surface area contributed by atoms with Crippen LogP contribution in [-0.2, 0) is 11.8 Å². The van der Waals surface area contributed by atoms with E-state index in [1.54, 1.807) is 23.0 Å². The fourth-order valence-corrected chi connectivity index (χ4v) is 5.15. The van der Waals surface area contributed by atoms with Crippen molar-refractivity contribution in [1.29, 1.82) is 0 Å². The van der Waals surface area contributed by atoms with Crippen LogP contribution in [0.4, 0.5) is 5.69 Å². The van der Waals surface area contributed by atoms with Crippen LogP contribution >= 0.6 is 23.1 Å². The fourth-order valence-electron chi connectivity index (χ4n) is 2.91. The number of nitrogens with one attached hydrogen (secondary N) is 1. The number of aryl methyl sites for hydroxylation is 1. The molecule has 0 bridgehead atoms. The number of hydrogen-bond donors (Lipinski definition) is 1. The lowest BCUT2D eigenvalue weighted by molar-refractivity contribution is -0.113. The summed E-state index contributed by atoms with van der Waals surface area (Å²) in [6.07, 6.45) is 0. The molecule has 0 spiro atoms. The second kappa shape index (κ2) is 5.54. The summed E-state index contributed by atoms with van der Waals surface area (Å²) < 4.78 is 1.69. The number of benzene rings is 1. The second-order valence-corrected chi connectivity index (χ2v) is 7.50. The zero-order chi connectivity index (χ0) is 16.0. The summed E-state index contributed by atoms with van der Waals surface area (Å²) in [7, 11) is 1.80. The number of thioether (sulfide) groups is 1. The molecular weight excluding hydrogens is 328 g/mol. The molecule has 1 aromatic carbocycles. The van der Waals surface area contributed by atoms with Gasteiger partial charge in [0.25, 0.3) is 5.56 Å². The molecule has 1 unspecified atom stereocenters. The molecule has 3 aromatic rings. The van der Waals surface area contributed by atoms with E-state index < -0.39 is 0 Å². The maximum absolute atomic E-state index is 12.9. The first-order valence-electron chi connectivity index (χ1n) is 7.22. The monoisotopic (exact) mass is 342 g/mol. The Kier molecular flexibility index (Phi) is 3.50. The van der Waals surface area contributed by atoms with Gasteiger partial charge in [-0.3, -0.25) is 9.59 Å². The van der Waals surface area contributed by atoms with Crippen LogP contribution in [0.2, 0.25) is 0 Å². The van der Waals surface area contributed by atoms with Crippen LogP contribution in [0.1, 0.15) is 15.7 Å². The van der Waals surface area contributed by atoms with E-state index in [4.69, 9.17) is 0 Å². The van der Waals surface area contributed by atoms with E-state index >= 15 is 0 Å². The number of aromatic nitrogens is 1. The summed E-state index contributed by atoms with van der Waals surface area (Å²) in [6.45, 7) is 0. The molecule has 23 heavy (non-hydrogen) atoms. The molecule has 1 aliphatic rings. The summed E-state index contributed by atoms with van der Waals surface area (Å²) in [5.74, 6) is 0.331. The Hall–Kier alpha value is -2.05. The Balaban J connectivity index is 1.95. The lowest BCUT2D eigenvalue weighted by atomic mass is 10.1. The zero-order valence-electron chi connectivity index (χ0n) is 12.4. The molecule has 1 amide bonds. The number of carbonyl (C=O) groups excluding carboxylic acids is 1. The van der Waals surface area contributed by atoms with Crippen molar-refractivity contribution in [2.24, 2.45) is 7.05 Å². The van der Waals surface area contributed by atoms with Gasteiger partial charge in [0.15, 0.2) is 0 Å². The van der Waals surface area contributed by atoms with Gasteiger partial charge in [-0.2, -0.15) is 0 Å². The van der Waals surface area contributed by atoms with Gasteiger partial charge in [-0.05, 0) is 29.0 Å². The number of carbonyl (C=O) groups is 1. The van der Waals surface area contributed by atoms with Crippen LogP contribution < -0.4 is 10.9 Å². The first-order chi connectivity index (χ1) is 11.1. The SMILES string of the molecule is Cn1c(=O)c(C2SCC(=O)Nc3ccsc32)cc2ccccc21. The van der Waals surface area contributed by atoms with E-state index in [-0.39, 0.29) is 16.7 Å². The van der Waals surface area contributed by atoms with Crippen molar-refractivity contribution in [1.82, 2.24) is 4.57 Å². The predicted molar refractivity (Wildman–Crippen MR) is 96.4 cm³/mol. The largest absolute Gasteiger partial charge is 0.324 e. The minimum absolute atomic E-state index is 0.00472. The molecule has 0 fully saturated rings. The molecule has 4 rings (SSSR count). The Morgan fingerprint density at radius 2 is 2.04 bits per heavy atom. The number of nitrogens with zero attached hydrogens (tertiary/aromatic N) is 1. The average Bonchev–Trinajstić information content (AvgIpc) is 2.94. The van der Waals surface area contributed by atoms with Gasteiger partial charge in [-0.1, -0.05) is 18.2 Å². The molecule has 1 atom stereocenters. The van der Waals surface area contributed by atoms with E-state index in [1.807, 2.05) is 41.8 Å². The van der Waals surface area contributed by atoms with E-state index in [9.17, 15) is 9.59 Å². The highest BCUT2D eigenvalue weighted by Crippen LogP contribution is 2.43. The lowest BCUT2D eigenvalue weighted by Crippen LogP contribution is -2.23. The third kappa shape index (κ3) is 2.38. The number of hydrogen-bond acceptors (Lipinski definition) is 4. The van der Waals surface area contributed by atoms with E-state index in [0.29, 0.717) is 5.75 Å². The number of pyridine rings is 1. The van der Waals surface area contributed by atoms with Crippen LogP contribution in [0.5, 0.6) is 0 Å². The van der Waals surface area contributed by atoms with Gasteiger partial charge in [0.05, 0.1) is 22.2 Å². The Bertz CT molecular complexity index is 974. The number of thiophene rings is 1. The van der Waals surface area contributed by atoms with Gasteiger partial charge in [0, 0.05) is 17.5 Å². The van der Waals surface area contributed by atoms with Crippen molar-refractivity contribution in [3.8, 4) is 0 Å². The Morgan fingerprint density at radius 3 is 2.91 bits per heavy atom. The maximum Gasteiger partial charge on any atom is 0.255 e. The maximum atomic E-state index is 12.9. The van der Waals surface area contributed by atoms with Crippen LogP contribution in [0, 0.1) is 0 Å². The smallest absolute Gasteiger partial charge is 0.255 e. The number of anilines is 1. The molecule has 0 saturated heterocycles. The van der Waals surface area contributed by atoms with Crippen LogP contribution in [0.25, 0.3) is 10.9 Å². The molecule has 1 aliphatic heterocycles. The third-order valence-electron chi connectivity index (χ3n) is 4.03. The summed E-state index contributed by atoms with van der Waals surface area (Å²) >= 11 is 3.09. The molecule has 4 nitrogen and oxygen atoms in total. The highest BCUT2D eigenvalue weighted by atomic mass is 32.2. The molecule has 2 aromatic heterocycles. The molecule has 116 valence electrons. The number of rotatable bonds is 1. The normalized spacial score (nSPS) is 17.6. The van der Waals surface area contributed by atoms with Crippen molar-refractivity contribution in [2.45, 2.75) is 5.25 Å². The summed E-state index contributed by atoms with van der Waals surface area (Å²) in [4.78, 5) is 25.8. The molecular formula is C17H14N2O2S2. The number of para-hydroxylation sites is 1. The predicted octanol–water partition coefficient (Wildman–Crippen LogP) is 3.37. The fraction of sp³-hybridized carbons (Fsp3) is 0.176. The van der Waals surface area contributed by atoms with Gasteiger partial charge in [-0.15, -0.1) is 23.1 Å². The topological polar surface area (TPSA) is 51.1 Å². The summed E-state index contributed by atoms with van der Waals surface area (Å²) in [5.41, 5.74) is 2.47. The van der Waals surface area contributed by atoms with Gasteiger partial charge < -0.3 is 9.88 Å². The highest BCUT2D eigenvalue weighted by molar-refractivity contribution is 8.00. The van der Waals surface area contributed by atoms with Crippen LogP contribution in [0.3, 0.4) is 0 Å². The van der Waals surface area contributed by atoms with Crippen molar-refractivity contribution in [3.63, 3.8) is 0 Å². The number of amides is 1. The molecule has 0 saturated carbocycles. The molecule has 0 radical (unpaired) electrons. The average molecular weight is 342 g/mol. The molecule has 1 N–H and O–H groups in total. The van der Waals surface area contributed by atoms with E-state index in [0.717, 1.165) is 27.0 Å². The van der Waals surface area contributed by atoms with E-state index in [1.165, 1.54) is 11.8 Å². The van der Waals surface area contributed by atoms with E-state index in [2.05, 4.69) is 5.32 Å². The van der Waals surface area contributed by atoms with Crippen LogP contribution in [0.15, 0.2) is 46.6 Å². The van der Waals surface area contributed by atoms with Gasteiger partial charge in [0.1, 0.15) is 0 Å². The van der Waals surface area contributed by atoms with Gasteiger partial charge >= 0.3 is 0 Å². The first kappa shape index (κ1) is 14.5. The minimum atomic E-state index is -0.118. The van der Waals surface area contributed by atoms with Crippen molar-refractivity contribution >= 4 is 45.6 Å².